The van der Waals surface area contributed by atoms with Crippen LogP contribution in [0, 0.1) is 5.82 Å². The molecular formula is C16H17FN4O3. The van der Waals surface area contributed by atoms with Crippen molar-refractivity contribution in [3.8, 4) is 0 Å². The fraction of sp³-hybridized carbons (Fsp3) is 0.375. The highest BCUT2D eigenvalue weighted by molar-refractivity contribution is 5.96. The van der Waals surface area contributed by atoms with E-state index in [1.165, 1.54) is 12.3 Å². The molecule has 4 rings (SSSR count). The van der Waals surface area contributed by atoms with E-state index in [4.69, 9.17) is 0 Å². The van der Waals surface area contributed by atoms with Crippen LogP contribution in [0.15, 0.2) is 17.1 Å². The van der Waals surface area contributed by atoms with E-state index in [0.29, 0.717) is 30.8 Å². The van der Waals surface area contributed by atoms with Crippen LogP contribution < -0.4 is 20.7 Å². The SMILES string of the molecule is CN1Cc2c(N3CCNCC3)c(F)cc3c(=O)c(C(=O)O)cn1c23. The number of hydrogen-bond donors (Lipinski definition) is 2. The minimum absolute atomic E-state index is 0.116. The maximum absolute atomic E-state index is 14.8. The Hall–Kier alpha value is -2.61. The van der Waals surface area contributed by atoms with Crippen molar-refractivity contribution in [2.24, 2.45) is 0 Å². The first-order valence-corrected chi connectivity index (χ1v) is 7.80. The van der Waals surface area contributed by atoms with Crippen LogP contribution in [-0.2, 0) is 6.54 Å². The van der Waals surface area contributed by atoms with E-state index in [1.807, 2.05) is 4.90 Å². The fourth-order valence-corrected chi connectivity index (χ4v) is 3.61. The molecule has 2 aromatic rings. The molecule has 1 fully saturated rings. The van der Waals surface area contributed by atoms with Gasteiger partial charge >= 0.3 is 5.97 Å². The second-order valence-electron chi connectivity index (χ2n) is 6.16. The number of anilines is 1. The van der Waals surface area contributed by atoms with E-state index in [-0.39, 0.29) is 10.9 Å². The molecule has 2 aliphatic rings. The monoisotopic (exact) mass is 332 g/mol. The van der Waals surface area contributed by atoms with E-state index in [1.54, 1.807) is 16.7 Å². The van der Waals surface area contributed by atoms with Crippen molar-refractivity contribution in [1.82, 2.24) is 9.99 Å². The van der Waals surface area contributed by atoms with Crippen molar-refractivity contribution in [2.45, 2.75) is 6.54 Å². The Morgan fingerprint density at radius 3 is 2.71 bits per heavy atom. The number of piperazine rings is 1. The largest absolute Gasteiger partial charge is 0.477 e. The van der Waals surface area contributed by atoms with Gasteiger partial charge < -0.3 is 20.3 Å². The predicted molar refractivity (Wildman–Crippen MR) is 88.1 cm³/mol. The summed E-state index contributed by atoms with van der Waals surface area (Å²) in [5, 5.41) is 14.4. The lowest BCUT2D eigenvalue weighted by Gasteiger charge is -2.31. The first-order valence-electron chi connectivity index (χ1n) is 7.80. The zero-order valence-electron chi connectivity index (χ0n) is 13.2. The van der Waals surface area contributed by atoms with Gasteiger partial charge in [0.15, 0.2) is 0 Å². The number of rotatable bonds is 2. The molecule has 8 heteroatoms. The molecule has 126 valence electrons. The number of carboxylic acids is 1. The van der Waals surface area contributed by atoms with Gasteiger partial charge in [-0.25, -0.2) is 9.18 Å². The molecule has 0 bridgehead atoms. The fourth-order valence-electron chi connectivity index (χ4n) is 3.61. The van der Waals surface area contributed by atoms with Gasteiger partial charge in [-0.2, -0.15) is 0 Å². The number of nitrogens with one attached hydrogen (secondary N) is 1. The molecule has 0 amide bonds. The van der Waals surface area contributed by atoms with Crippen LogP contribution in [0.25, 0.3) is 10.9 Å². The lowest BCUT2D eigenvalue weighted by atomic mass is 10.0. The zero-order valence-corrected chi connectivity index (χ0v) is 13.2. The highest BCUT2D eigenvalue weighted by atomic mass is 19.1. The Kier molecular flexibility index (Phi) is 3.24. The summed E-state index contributed by atoms with van der Waals surface area (Å²) < 4.78 is 16.5. The lowest BCUT2D eigenvalue weighted by Crippen LogP contribution is -2.44. The van der Waals surface area contributed by atoms with Gasteiger partial charge in [0.25, 0.3) is 0 Å². The molecule has 0 atom stereocenters. The molecule has 1 saturated heterocycles. The van der Waals surface area contributed by atoms with Crippen LogP contribution in [0.1, 0.15) is 15.9 Å². The topological polar surface area (TPSA) is 77.8 Å². The van der Waals surface area contributed by atoms with Crippen LogP contribution in [0.3, 0.4) is 0 Å². The molecule has 2 N–H and O–H groups in total. The van der Waals surface area contributed by atoms with Crippen molar-refractivity contribution < 1.29 is 14.3 Å². The second kappa shape index (κ2) is 5.20. The highest BCUT2D eigenvalue weighted by Crippen LogP contribution is 2.35. The van der Waals surface area contributed by atoms with Crippen LogP contribution in [0.4, 0.5) is 10.1 Å². The van der Waals surface area contributed by atoms with Gasteiger partial charge in [-0.05, 0) is 6.07 Å². The predicted octanol–water partition coefficient (Wildman–Crippen LogP) is 0.330. The quantitative estimate of drug-likeness (QED) is 0.825. The maximum Gasteiger partial charge on any atom is 0.341 e. The van der Waals surface area contributed by atoms with Gasteiger partial charge in [-0.3, -0.25) is 9.47 Å². The number of aromatic nitrogens is 1. The number of carboxylic acid groups (broad SMARTS) is 1. The van der Waals surface area contributed by atoms with E-state index in [0.717, 1.165) is 18.7 Å². The molecule has 24 heavy (non-hydrogen) atoms. The van der Waals surface area contributed by atoms with E-state index < -0.39 is 17.2 Å². The molecule has 0 radical (unpaired) electrons. The molecule has 0 spiro atoms. The van der Waals surface area contributed by atoms with Crippen LogP contribution in [0.5, 0.6) is 0 Å². The van der Waals surface area contributed by atoms with Crippen LogP contribution in [-0.4, -0.2) is 49.0 Å². The number of halogens is 1. The summed E-state index contributed by atoms with van der Waals surface area (Å²) in [6.07, 6.45) is 1.32. The van der Waals surface area contributed by atoms with E-state index >= 15 is 0 Å². The van der Waals surface area contributed by atoms with Crippen molar-refractivity contribution in [1.29, 1.82) is 0 Å². The molecule has 1 aromatic heterocycles. The summed E-state index contributed by atoms with van der Waals surface area (Å²) in [5.41, 5.74) is 0.864. The summed E-state index contributed by atoms with van der Waals surface area (Å²) in [6, 6.07) is 1.18. The van der Waals surface area contributed by atoms with Gasteiger partial charge in [0, 0.05) is 45.0 Å². The van der Waals surface area contributed by atoms with Gasteiger partial charge in [-0.15, -0.1) is 0 Å². The third kappa shape index (κ3) is 1.99. The molecule has 0 saturated carbocycles. The Bertz CT molecular complexity index is 918. The van der Waals surface area contributed by atoms with Gasteiger partial charge in [0.1, 0.15) is 11.4 Å². The van der Waals surface area contributed by atoms with Crippen molar-refractivity contribution in [3.05, 3.63) is 39.4 Å². The summed E-state index contributed by atoms with van der Waals surface area (Å²) in [7, 11) is 1.79. The summed E-state index contributed by atoms with van der Waals surface area (Å²) in [6.45, 7) is 3.36. The number of carbonyl (C=O) groups is 1. The van der Waals surface area contributed by atoms with Crippen molar-refractivity contribution in [3.63, 3.8) is 0 Å². The van der Waals surface area contributed by atoms with E-state index in [9.17, 15) is 19.1 Å². The Morgan fingerprint density at radius 1 is 1.33 bits per heavy atom. The minimum atomic E-state index is -1.31. The first kappa shape index (κ1) is 14.9. The van der Waals surface area contributed by atoms with Gasteiger partial charge in [0.2, 0.25) is 5.43 Å². The Morgan fingerprint density at radius 2 is 2.04 bits per heavy atom. The third-order valence-corrected chi connectivity index (χ3v) is 4.71. The second-order valence-corrected chi connectivity index (χ2v) is 6.16. The Balaban J connectivity index is 2.03. The maximum atomic E-state index is 14.8. The number of benzene rings is 1. The number of pyridine rings is 1. The number of hydrogen-bond acceptors (Lipinski definition) is 5. The van der Waals surface area contributed by atoms with Crippen LogP contribution >= 0.6 is 0 Å². The molecule has 0 aliphatic carbocycles. The van der Waals surface area contributed by atoms with Crippen molar-refractivity contribution >= 4 is 22.6 Å². The van der Waals surface area contributed by atoms with Crippen LogP contribution in [0.2, 0.25) is 0 Å². The van der Waals surface area contributed by atoms with Crippen molar-refractivity contribution in [2.75, 3.05) is 43.1 Å². The highest BCUT2D eigenvalue weighted by Gasteiger charge is 2.30. The lowest BCUT2D eigenvalue weighted by molar-refractivity contribution is 0.0695. The minimum Gasteiger partial charge on any atom is -0.477 e. The summed E-state index contributed by atoms with van der Waals surface area (Å²) in [4.78, 5) is 25.7. The summed E-state index contributed by atoms with van der Waals surface area (Å²) >= 11 is 0. The smallest absolute Gasteiger partial charge is 0.341 e. The normalized spacial score (nSPS) is 16.9. The van der Waals surface area contributed by atoms with E-state index in [2.05, 4.69) is 5.32 Å². The first-order chi connectivity index (χ1) is 11.5. The van der Waals surface area contributed by atoms with Gasteiger partial charge in [-0.1, -0.05) is 0 Å². The average Bonchev–Trinajstić information content (AvgIpc) is 2.87. The summed E-state index contributed by atoms with van der Waals surface area (Å²) in [5.74, 6) is -1.78. The van der Waals surface area contributed by atoms with Gasteiger partial charge in [0.05, 0.1) is 23.1 Å². The average molecular weight is 332 g/mol. The Labute approximate surface area is 136 Å². The molecule has 3 heterocycles. The molecular weight excluding hydrogens is 315 g/mol. The number of nitrogens with zero attached hydrogens (tertiary/aromatic N) is 3. The zero-order chi connectivity index (χ0) is 17.0. The molecule has 2 aliphatic heterocycles. The molecule has 0 unspecified atom stereocenters. The molecule has 7 nitrogen and oxygen atoms in total. The standard InChI is InChI=1S/C16H17FN4O3/c1-19-7-10-13-9(15(22)11(16(23)24)8-21(13)19)6-12(17)14(10)20-4-2-18-3-5-20/h6,8,18H,2-5,7H2,1H3,(H,23,24). The number of aromatic carboxylic acids is 1. The molecule has 1 aromatic carbocycles. The third-order valence-electron chi connectivity index (χ3n) is 4.71.